The Kier molecular flexibility index (Phi) is 4.27. The van der Waals surface area contributed by atoms with Crippen LogP contribution in [0.1, 0.15) is 26.4 Å². The van der Waals surface area contributed by atoms with Crippen LogP contribution < -0.4 is 4.74 Å². The molecule has 120 valence electrons. The Balaban J connectivity index is 2.09. The fourth-order valence-corrected chi connectivity index (χ4v) is 2.67. The normalized spacial score (nSPS) is 18.6. The van der Waals surface area contributed by atoms with Crippen molar-refractivity contribution in [3.05, 3.63) is 71.6 Å². The molecule has 1 aliphatic rings. The Morgan fingerprint density at radius 3 is 2.54 bits per heavy atom. The van der Waals surface area contributed by atoms with Gasteiger partial charge in [-0.05, 0) is 48.0 Å². The second-order valence-corrected chi connectivity index (χ2v) is 5.48. The number of rotatable bonds is 5. The smallest absolute Gasteiger partial charge is 0.253 e. The minimum Gasteiger partial charge on any atom is -0.496 e. The monoisotopic (exact) mass is 340 g/mol. The van der Waals surface area contributed by atoms with Crippen molar-refractivity contribution in [3.8, 4) is 5.75 Å². The van der Waals surface area contributed by atoms with Crippen molar-refractivity contribution >= 4 is 28.8 Å². The van der Waals surface area contributed by atoms with E-state index in [-0.39, 0.29) is 11.3 Å². The number of hydrogen-bond donors (Lipinski definition) is 0. The Morgan fingerprint density at radius 2 is 1.96 bits per heavy atom. The highest BCUT2D eigenvalue weighted by atomic mass is 35.5. The highest BCUT2D eigenvalue weighted by Gasteiger charge is 2.41. The van der Waals surface area contributed by atoms with Gasteiger partial charge >= 0.3 is 0 Å². The number of aromatic nitrogens is 1. The van der Waals surface area contributed by atoms with Crippen molar-refractivity contribution in [3.63, 3.8) is 0 Å². The molecule has 1 atom stereocenters. The Bertz CT molecular complexity index is 845. The molecule has 2 heterocycles. The average Bonchev–Trinajstić information content (AvgIpc) is 3.12. The van der Waals surface area contributed by atoms with Gasteiger partial charge in [0.1, 0.15) is 5.75 Å². The van der Waals surface area contributed by atoms with Gasteiger partial charge in [0.25, 0.3) is 5.24 Å². The standard InChI is InChI=1S/C18H13ClN2O3/c1-24-14-6-3-2-5-13(14)16(22)18(9-4-10-21-18)15-8-7-12(11-20-15)17(19)23/h2-11H,1H3. The van der Waals surface area contributed by atoms with Crippen LogP contribution in [0, 0.1) is 0 Å². The molecule has 1 aromatic carbocycles. The van der Waals surface area contributed by atoms with E-state index in [0.717, 1.165) is 0 Å². The molecule has 6 heteroatoms. The number of aliphatic imine (C=N–C) groups is 1. The van der Waals surface area contributed by atoms with Gasteiger partial charge in [0, 0.05) is 12.4 Å². The SMILES string of the molecule is COc1ccccc1C(=O)C1(c2ccc(C(=O)Cl)cn2)C=CC=N1. The van der Waals surface area contributed by atoms with Gasteiger partial charge in [-0.3, -0.25) is 19.6 Å². The number of hydrogen-bond acceptors (Lipinski definition) is 5. The molecule has 5 nitrogen and oxygen atoms in total. The molecule has 2 aromatic rings. The van der Waals surface area contributed by atoms with E-state index in [2.05, 4.69) is 9.98 Å². The van der Waals surface area contributed by atoms with Crippen molar-refractivity contribution < 1.29 is 14.3 Å². The van der Waals surface area contributed by atoms with E-state index in [9.17, 15) is 9.59 Å². The molecule has 0 saturated carbocycles. The van der Waals surface area contributed by atoms with Gasteiger partial charge in [0.05, 0.1) is 23.9 Å². The number of allylic oxidation sites excluding steroid dienone is 1. The molecule has 0 saturated heterocycles. The van der Waals surface area contributed by atoms with Gasteiger partial charge < -0.3 is 4.74 Å². The lowest BCUT2D eigenvalue weighted by Crippen LogP contribution is -2.32. The molecule has 0 fully saturated rings. The minimum atomic E-state index is -1.28. The molecule has 1 aliphatic heterocycles. The summed E-state index contributed by atoms with van der Waals surface area (Å²) in [5.41, 5.74) is -0.206. The summed E-state index contributed by atoms with van der Waals surface area (Å²) >= 11 is 5.44. The molecule has 0 amide bonds. The van der Waals surface area contributed by atoms with Gasteiger partial charge in [-0.2, -0.15) is 0 Å². The van der Waals surface area contributed by atoms with Crippen LogP contribution in [0.3, 0.4) is 0 Å². The predicted octanol–water partition coefficient (Wildman–Crippen LogP) is 3.19. The summed E-state index contributed by atoms with van der Waals surface area (Å²) in [5.74, 6) is 0.201. The van der Waals surface area contributed by atoms with E-state index < -0.39 is 10.8 Å². The second kappa shape index (κ2) is 6.37. The maximum absolute atomic E-state index is 13.2. The molecule has 0 spiro atoms. The van der Waals surface area contributed by atoms with Crippen LogP contribution in [0.15, 0.2) is 59.7 Å². The lowest BCUT2D eigenvalue weighted by Gasteiger charge is -2.23. The first-order chi connectivity index (χ1) is 11.6. The van der Waals surface area contributed by atoms with Gasteiger partial charge in [0.2, 0.25) is 5.78 Å². The highest BCUT2D eigenvalue weighted by molar-refractivity contribution is 6.67. The number of methoxy groups -OCH3 is 1. The van der Waals surface area contributed by atoms with E-state index in [1.165, 1.54) is 19.4 Å². The Morgan fingerprint density at radius 1 is 1.17 bits per heavy atom. The first-order valence-electron chi connectivity index (χ1n) is 7.16. The van der Waals surface area contributed by atoms with E-state index in [0.29, 0.717) is 17.0 Å². The van der Waals surface area contributed by atoms with Crippen molar-refractivity contribution in [2.24, 2.45) is 4.99 Å². The molecule has 0 N–H and O–H groups in total. The van der Waals surface area contributed by atoms with Crippen LogP contribution in [0.25, 0.3) is 0 Å². The van der Waals surface area contributed by atoms with E-state index in [4.69, 9.17) is 16.3 Å². The lowest BCUT2D eigenvalue weighted by atomic mass is 9.86. The molecular weight excluding hydrogens is 328 g/mol. The molecule has 3 rings (SSSR count). The van der Waals surface area contributed by atoms with Crippen LogP contribution >= 0.6 is 11.6 Å². The molecule has 0 bridgehead atoms. The van der Waals surface area contributed by atoms with Gasteiger partial charge in [0.15, 0.2) is 5.54 Å². The first kappa shape index (κ1) is 16.1. The molecule has 0 aliphatic carbocycles. The fourth-order valence-electron chi connectivity index (χ4n) is 2.56. The zero-order valence-electron chi connectivity index (χ0n) is 12.8. The van der Waals surface area contributed by atoms with Crippen molar-refractivity contribution in [1.82, 2.24) is 4.98 Å². The quantitative estimate of drug-likeness (QED) is 0.619. The molecule has 0 radical (unpaired) electrons. The highest BCUT2D eigenvalue weighted by Crippen LogP contribution is 2.35. The predicted molar refractivity (Wildman–Crippen MR) is 91.1 cm³/mol. The Hall–Kier alpha value is -2.79. The number of ether oxygens (including phenoxy) is 1. The van der Waals surface area contributed by atoms with Crippen LogP contribution in [0.2, 0.25) is 0 Å². The molecule has 24 heavy (non-hydrogen) atoms. The van der Waals surface area contributed by atoms with Crippen molar-refractivity contribution in [2.45, 2.75) is 5.54 Å². The number of pyridine rings is 1. The number of ketones is 1. The largest absolute Gasteiger partial charge is 0.496 e. The molecule has 1 aromatic heterocycles. The summed E-state index contributed by atoms with van der Waals surface area (Å²) in [6.07, 6.45) is 6.25. The fraction of sp³-hybridized carbons (Fsp3) is 0.111. The van der Waals surface area contributed by atoms with Crippen molar-refractivity contribution in [1.29, 1.82) is 0 Å². The second-order valence-electron chi connectivity index (χ2n) is 5.14. The summed E-state index contributed by atoms with van der Waals surface area (Å²) in [4.78, 5) is 33.0. The van der Waals surface area contributed by atoms with Crippen LogP contribution in [-0.4, -0.2) is 29.3 Å². The number of halogens is 1. The van der Waals surface area contributed by atoms with Crippen molar-refractivity contribution in [2.75, 3.05) is 7.11 Å². The number of carbonyl (C=O) groups excluding carboxylic acids is 2. The average molecular weight is 341 g/mol. The summed E-state index contributed by atoms with van der Waals surface area (Å²) in [6.45, 7) is 0. The number of benzene rings is 1. The summed E-state index contributed by atoms with van der Waals surface area (Å²) in [6, 6.07) is 10.0. The Labute approximate surface area is 143 Å². The van der Waals surface area contributed by atoms with E-state index in [1.54, 1.807) is 48.7 Å². The summed E-state index contributed by atoms with van der Waals surface area (Å²) in [7, 11) is 1.51. The van der Waals surface area contributed by atoms with Crippen LogP contribution in [-0.2, 0) is 5.54 Å². The number of carbonyl (C=O) groups is 2. The number of Topliss-reactive ketones (excluding diaryl/α,β-unsaturated/α-hetero) is 1. The zero-order valence-corrected chi connectivity index (χ0v) is 13.5. The first-order valence-corrected chi connectivity index (χ1v) is 7.53. The maximum Gasteiger partial charge on any atom is 0.253 e. The minimum absolute atomic E-state index is 0.256. The van der Waals surface area contributed by atoms with Gasteiger partial charge in [-0.25, -0.2) is 0 Å². The molecule has 1 unspecified atom stereocenters. The summed E-state index contributed by atoms with van der Waals surface area (Å²) < 4.78 is 5.28. The van der Waals surface area contributed by atoms with Gasteiger partial charge in [-0.15, -0.1) is 0 Å². The lowest BCUT2D eigenvalue weighted by molar-refractivity contribution is 0.0917. The zero-order chi connectivity index (χ0) is 17.2. The van der Waals surface area contributed by atoms with E-state index in [1.807, 2.05) is 0 Å². The third kappa shape index (κ3) is 2.63. The summed E-state index contributed by atoms with van der Waals surface area (Å²) in [5, 5.41) is -0.607. The third-order valence-electron chi connectivity index (χ3n) is 3.78. The topological polar surface area (TPSA) is 68.6 Å². The number of nitrogens with zero attached hydrogens (tertiary/aromatic N) is 2. The number of para-hydroxylation sites is 1. The third-order valence-corrected chi connectivity index (χ3v) is 4.00. The van der Waals surface area contributed by atoms with E-state index >= 15 is 0 Å². The van der Waals surface area contributed by atoms with Crippen LogP contribution in [0.5, 0.6) is 5.75 Å². The van der Waals surface area contributed by atoms with Crippen LogP contribution in [0.4, 0.5) is 0 Å². The molecular formula is C18H13ClN2O3. The van der Waals surface area contributed by atoms with Gasteiger partial charge in [-0.1, -0.05) is 12.1 Å². The maximum atomic E-state index is 13.2.